The molecule has 0 saturated carbocycles. The lowest BCUT2D eigenvalue weighted by molar-refractivity contribution is 0.00578. The van der Waals surface area contributed by atoms with E-state index in [0.29, 0.717) is 33.2 Å². The topological polar surface area (TPSA) is 36.9 Å². The summed E-state index contributed by atoms with van der Waals surface area (Å²) in [5.74, 6) is 0. The van der Waals surface area contributed by atoms with Crippen LogP contribution in [0.15, 0.2) is 36.4 Å². The largest absolute Gasteiger partial charge is 0.495 e. The van der Waals surface area contributed by atoms with Crippen molar-refractivity contribution >= 4 is 115 Å². The minimum Gasteiger partial charge on any atom is -0.399 e. The molecule has 4 heterocycles. The molecule has 2 fully saturated rings. The number of fused-ring (bicyclic) bond motifs is 7. The minimum atomic E-state index is -1.97. The Hall–Kier alpha value is -1.50. The van der Waals surface area contributed by atoms with E-state index in [1.807, 2.05) is 0 Å². The normalized spacial score (nSPS) is 19.8. The molecule has 0 aliphatic carbocycles. The second-order valence-corrected chi connectivity index (χ2v) is 36.4. The highest BCUT2D eigenvalue weighted by atomic mass is 32.1. The lowest BCUT2D eigenvalue weighted by Crippen LogP contribution is -2.54. The summed E-state index contributed by atoms with van der Waals surface area (Å²) in [5.41, 5.74) is 4.12. The van der Waals surface area contributed by atoms with Gasteiger partial charge in [-0.25, -0.2) is 0 Å². The van der Waals surface area contributed by atoms with Crippen molar-refractivity contribution in [3.8, 4) is 0 Å². The van der Waals surface area contributed by atoms with Gasteiger partial charge in [-0.2, -0.15) is 0 Å². The second-order valence-electron chi connectivity index (χ2n) is 21.9. The highest BCUT2D eigenvalue weighted by molar-refractivity contribution is 7.34. The van der Waals surface area contributed by atoms with Crippen molar-refractivity contribution in [3.05, 3.63) is 36.4 Å². The average Bonchev–Trinajstić information content (AvgIpc) is 3.81. The summed E-state index contributed by atoms with van der Waals surface area (Å²) in [6.07, 6.45) is 0. The lowest BCUT2D eigenvalue weighted by Gasteiger charge is -2.42. The van der Waals surface area contributed by atoms with Crippen LogP contribution < -0.4 is 19.9 Å². The molecule has 2 aliphatic rings. The van der Waals surface area contributed by atoms with Crippen LogP contribution in [0.25, 0.3) is 41.7 Å². The van der Waals surface area contributed by atoms with E-state index in [2.05, 4.69) is 198 Å². The van der Waals surface area contributed by atoms with Crippen LogP contribution in [-0.2, 0) is 18.6 Å². The highest BCUT2D eigenvalue weighted by Crippen LogP contribution is 2.48. The SMILES string of the molecule is CC(C)[Si](c1cc2c(B3OC(C)(C)C(C)(C)O3)cc3c4cc(B5OC(C)(C)C(C)(C)O5)c5cc([Si](C(C)C)(C(C)C)C(C)C)sc5c4ccc3c2s1)(C(C)C)C(C)C. The fourth-order valence-electron chi connectivity index (χ4n) is 11.9. The smallest absolute Gasteiger partial charge is 0.399 e. The monoisotopic (exact) mass is 854 g/mol. The van der Waals surface area contributed by atoms with Crippen LogP contribution in [0.3, 0.4) is 0 Å². The fraction of sp³-hybridized carbons (Fsp3) is 0.625. The summed E-state index contributed by atoms with van der Waals surface area (Å²) in [5, 5.41) is 7.70. The summed E-state index contributed by atoms with van der Waals surface area (Å²) in [4.78, 5) is 0. The van der Waals surface area contributed by atoms with Crippen LogP contribution in [0.2, 0.25) is 33.2 Å². The van der Waals surface area contributed by atoms with Gasteiger partial charge in [-0.05, 0) is 142 Å². The first kappa shape index (κ1) is 44.6. The Morgan fingerprint density at radius 3 is 0.897 bits per heavy atom. The molecule has 0 amide bonds. The predicted octanol–water partition coefficient (Wildman–Crippen LogP) is 12.8. The van der Waals surface area contributed by atoms with Crippen molar-refractivity contribution < 1.29 is 18.6 Å². The van der Waals surface area contributed by atoms with E-state index in [9.17, 15) is 0 Å². The maximum absolute atomic E-state index is 6.95. The summed E-state index contributed by atoms with van der Waals surface area (Å²) in [6, 6.07) is 14.9. The summed E-state index contributed by atoms with van der Waals surface area (Å²) < 4.78 is 33.7. The zero-order valence-corrected chi connectivity index (χ0v) is 43.2. The average molecular weight is 855 g/mol. The van der Waals surface area contributed by atoms with Crippen molar-refractivity contribution in [3.63, 3.8) is 0 Å². The molecule has 0 radical (unpaired) electrons. The van der Waals surface area contributed by atoms with Gasteiger partial charge in [0.2, 0.25) is 0 Å². The van der Waals surface area contributed by atoms with E-state index in [4.69, 9.17) is 18.6 Å². The molecule has 5 aromatic rings. The number of benzene rings is 3. The maximum Gasteiger partial charge on any atom is 0.495 e. The fourth-order valence-corrected chi connectivity index (χ4v) is 32.3. The quantitative estimate of drug-likeness (QED) is 0.104. The van der Waals surface area contributed by atoms with Gasteiger partial charge in [0.05, 0.1) is 22.4 Å². The van der Waals surface area contributed by atoms with Gasteiger partial charge in [0.15, 0.2) is 0 Å². The molecular formula is C48H72B2O4S2Si2. The number of thiophene rings is 2. The Morgan fingerprint density at radius 1 is 0.397 bits per heavy atom. The first-order valence-electron chi connectivity index (χ1n) is 22.3. The molecule has 58 heavy (non-hydrogen) atoms. The molecule has 7 rings (SSSR count). The maximum atomic E-state index is 6.95. The van der Waals surface area contributed by atoms with E-state index < -0.39 is 52.8 Å². The molecule has 10 heteroatoms. The Morgan fingerprint density at radius 2 is 0.655 bits per heavy atom. The lowest BCUT2D eigenvalue weighted by atomic mass is 9.74. The number of rotatable bonds is 10. The molecule has 2 aliphatic heterocycles. The van der Waals surface area contributed by atoms with E-state index in [1.54, 1.807) is 9.00 Å². The summed E-state index contributed by atoms with van der Waals surface area (Å²) >= 11 is 4.12. The molecule has 2 aromatic heterocycles. The van der Waals surface area contributed by atoms with Crippen molar-refractivity contribution in [1.82, 2.24) is 0 Å². The van der Waals surface area contributed by atoms with Crippen molar-refractivity contribution in [2.45, 2.75) is 194 Å². The summed E-state index contributed by atoms with van der Waals surface area (Å²) in [7, 11) is -4.89. The molecule has 4 nitrogen and oxygen atoms in total. The van der Waals surface area contributed by atoms with Crippen LogP contribution in [0, 0.1) is 0 Å². The van der Waals surface area contributed by atoms with Crippen molar-refractivity contribution in [1.29, 1.82) is 0 Å². The molecule has 3 aromatic carbocycles. The zero-order valence-electron chi connectivity index (χ0n) is 39.5. The van der Waals surface area contributed by atoms with Crippen molar-refractivity contribution in [2.24, 2.45) is 0 Å². The van der Waals surface area contributed by atoms with E-state index in [1.165, 1.54) is 41.7 Å². The van der Waals surface area contributed by atoms with E-state index in [0.717, 1.165) is 10.9 Å². The van der Waals surface area contributed by atoms with Crippen molar-refractivity contribution in [2.75, 3.05) is 0 Å². The Kier molecular flexibility index (Phi) is 11.2. The summed E-state index contributed by atoms with van der Waals surface area (Å²) in [6.45, 7) is 47.1. The Labute approximate surface area is 361 Å². The molecule has 0 bridgehead atoms. The zero-order chi connectivity index (χ0) is 43.0. The molecule has 314 valence electrons. The van der Waals surface area contributed by atoms with Gasteiger partial charge in [-0.1, -0.05) is 107 Å². The third-order valence-corrected chi connectivity index (χ3v) is 34.2. The molecule has 0 atom stereocenters. The second kappa shape index (κ2) is 14.5. The van der Waals surface area contributed by atoms with Gasteiger partial charge in [0, 0.05) is 20.2 Å². The van der Waals surface area contributed by atoms with Crippen LogP contribution in [0.1, 0.15) is 138 Å². The number of hydrogen-bond donors (Lipinski definition) is 0. The van der Waals surface area contributed by atoms with Crippen LogP contribution in [0.5, 0.6) is 0 Å². The molecule has 0 unspecified atom stereocenters. The number of hydrogen-bond acceptors (Lipinski definition) is 6. The van der Waals surface area contributed by atoms with Crippen LogP contribution >= 0.6 is 22.7 Å². The molecule has 0 N–H and O–H groups in total. The Balaban J connectivity index is 1.63. The minimum absolute atomic E-state index is 0.452. The third kappa shape index (κ3) is 6.29. The highest BCUT2D eigenvalue weighted by Gasteiger charge is 2.54. The van der Waals surface area contributed by atoms with E-state index in [-0.39, 0.29) is 0 Å². The molecule has 0 spiro atoms. The van der Waals surface area contributed by atoms with Gasteiger partial charge in [0.25, 0.3) is 0 Å². The van der Waals surface area contributed by atoms with Gasteiger partial charge in [-0.3, -0.25) is 0 Å². The van der Waals surface area contributed by atoms with Crippen LogP contribution in [-0.4, -0.2) is 52.8 Å². The first-order valence-corrected chi connectivity index (χ1v) is 28.4. The standard InChI is InChI=1S/C48H72B2O4S2Si2/c1-27(2)57(28(3)4,29(5)6)41-25-37-39(49-51-45(13,14)46(15,16)52-49)23-35-33(43(37)55-41)21-22-34-36(35)24-40(50-53-47(17,18)48(19,20)54-50)38-26-42(56-44(34)38)58(30(7)8,31(9)10)32(11)12/h21-32H,1-20H3. The third-order valence-electron chi connectivity index (χ3n) is 16.1. The van der Waals surface area contributed by atoms with Gasteiger partial charge >= 0.3 is 14.2 Å². The van der Waals surface area contributed by atoms with E-state index >= 15 is 0 Å². The Bertz CT molecular complexity index is 2140. The van der Waals surface area contributed by atoms with Gasteiger partial charge in [-0.15, -0.1) is 22.7 Å². The molecular weight excluding hydrogens is 782 g/mol. The first-order chi connectivity index (χ1) is 26.7. The van der Waals surface area contributed by atoms with Crippen LogP contribution in [0.4, 0.5) is 0 Å². The molecule has 2 saturated heterocycles. The van der Waals surface area contributed by atoms with Gasteiger partial charge < -0.3 is 18.6 Å². The van der Waals surface area contributed by atoms with Gasteiger partial charge in [0.1, 0.15) is 16.1 Å². The predicted molar refractivity (Wildman–Crippen MR) is 265 cm³/mol.